The van der Waals surface area contributed by atoms with Crippen LogP contribution in [-0.4, -0.2) is 21.3 Å². The van der Waals surface area contributed by atoms with Crippen LogP contribution in [0.5, 0.6) is 0 Å². The molecule has 2 aromatic rings. The molecule has 1 aromatic heterocycles. The molecule has 5 heteroatoms. The van der Waals surface area contributed by atoms with Gasteiger partial charge in [0, 0.05) is 12.4 Å². The van der Waals surface area contributed by atoms with Crippen LogP contribution in [0.1, 0.15) is 11.1 Å². The first-order valence-electron chi connectivity index (χ1n) is 5.60. The molecule has 0 fully saturated rings. The van der Waals surface area contributed by atoms with Crippen molar-refractivity contribution >= 4 is 0 Å². The van der Waals surface area contributed by atoms with Gasteiger partial charge in [-0.3, -0.25) is 4.57 Å². The van der Waals surface area contributed by atoms with Crippen LogP contribution < -0.4 is 5.69 Å². The van der Waals surface area contributed by atoms with Gasteiger partial charge >= 0.3 is 5.69 Å². The predicted molar refractivity (Wildman–Crippen MR) is 68.0 cm³/mol. The lowest BCUT2D eigenvalue weighted by molar-refractivity contribution is 0.350. The minimum Gasteiger partial charge on any atom is -0.384 e. The lowest BCUT2D eigenvalue weighted by atomic mass is 10.1. The lowest BCUT2D eigenvalue weighted by Gasteiger charge is -2.05. The largest absolute Gasteiger partial charge is 0.384 e. The maximum Gasteiger partial charge on any atom is 0.347 e. The molecule has 0 aliphatic carbocycles. The van der Waals surface area contributed by atoms with Crippen LogP contribution in [-0.2, 0) is 6.54 Å². The van der Waals surface area contributed by atoms with Gasteiger partial charge in [-0.25, -0.2) is 14.2 Å². The van der Waals surface area contributed by atoms with Crippen molar-refractivity contribution in [3.05, 3.63) is 64.1 Å². The average molecular weight is 258 g/mol. The Balaban J connectivity index is 2.32. The maximum absolute atomic E-state index is 13.4. The molecule has 0 aliphatic heterocycles. The molecule has 0 saturated heterocycles. The number of halogens is 1. The maximum atomic E-state index is 13.4. The zero-order valence-electron chi connectivity index (χ0n) is 10.0. The highest BCUT2D eigenvalue weighted by Gasteiger charge is 2.03. The van der Waals surface area contributed by atoms with Gasteiger partial charge in [-0.05, 0) is 23.8 Å². The van der Waals surface area contributed by atoms with Crippen molar-refractivity contribution in [1.82, 2.24) is 9.55 Å². The molecule has 0 unspecified atom stereocenters. The molecule has 0 aliphatic rings. The Morgan fingerprint density at radius 1 is 1.42 bits per heavy atom. The fourth-order valence-corrected chi connectivity index (χ4v) is 1.61. The Hall–Kier alpha value is -2.45. The van der Waals surface area contributed by atoms with E-state index in [1.165, 1.54) is 16.8 Å². The molecular formula is C14H11FN2O2. The minimum absolute atomic E-state index is 0.198. The number of hydrogen-bond donors (Lipinski definition) is 1. The molecule has 2 rings (SSSR count). The van der Waals surface area contributed by atoms with Crippen LogP contribution in [0.15, 0.2) is 41.5 Å². The van der Waals surface area contributed by atoms with Crippen molar-refractivity contribution in [1.29, 1.82) is 0 Å². The number of aromatic nitrogens is 2. The number of hydrogen-bond acceptors (Lipinski definition) is 3. The van der Waals surface area contributed by atoms with E-state index < -0.39 is 5.82 Å². The van der Waals surface area contributed by atoms with E-state index in [0.29, 0.717) is 6.54 Å². The topological polar surface area (TPSA) is 55.1 Å². The lowest BCUT2D eigenvalue weighted by Crippen LogP contribution is -2.21. The SMILES string of the molecule is O=c1ncccn1Cc1ccc(F)c(C#CCO)c1. The quantitative estimate of drug-likeness (QED) is 0.810. The van der Waals surface area contributed by atoms with Crippen LogP contribution in [0.25, 0.3) is 0 Å². The highest BCUT2D eigenvalue weighted by molar-refractivity contribution is 5.38. The molecule has 0 amide bonds. The van der Waals surface area contributed by atoms with Gasteiger partial charge in [-0.2, -0.15) is 0 Å². The number of rotatable bonds is 2. The van der Waals surface area contributed by atoms with Crippen molar-refractivity contribution in [2.24, 2.45) is 0 Å². The normalized spacial score (nSPS) is 9.79. The zero-order chi connectivity index (χ0) is 13.7. The van der Waals surface area contributed by atoms with Crippen molar-refractivity contribution in [3.8, 4) is 11.8 Å². The molecule has 0 atom stereocenters. The third-order valence-electron chi connectivity index (χ3n) is 2.47. The fraction of sp³-hybridized carbons (Fsp3) is 0.143. The summed E-state index contributed by atoms with van der Waals surface area (Å²) in [5, 5.41) is 8.61. The molecule has 0 saturated carbocycles. The second kappa shape index (κ2) is 5.94. The molecular weight excluding hydrogens is 247 g/mol. The molecule has 1 N–H and O–H groups in total. The summed E-state index contributed by atoms with van der Waals surface area (Å²) in [6.45, 7) is -0.0352. The van der Waals surface area contributed by atoms with Gasteiger partial charge in [0.15, 0.2) is 0 Å². The number of aliphatic hydroxyl groups excluding tert-OH is 1. The summed E-state index contributed by atoms with van der Waals surface area (Å²) in [6.07, 6.45) is 3.03. The standard InChI is InChI=1S/C14H11FN2O2/c15-13-5-4-11(9-12(13)3-1-8-18)10-17-7-2-6-16-14(17)19/h2,4-7,9,18H,8,10H2. The first-order chi connectivity index (χ1) is 9.20. The number of nitrogens with zero attached hydrogens (tertiary/aromatic N) is 2. The summed E-state index contributed by atoms with van der Waals surface area (Å²) in [5.74, 6) is 4.46. The van der Waals surface area contributed by atoms with E-state index >= 15 is 0 Å². The number of aliphatic hydroxyl groups is 1. The molecule has 19 heavy (non-hydrogen) atoms. The zero-order valence-corrected chi connectivity index (χ0v) is 10.0. The van der Waals surface area contributed by atoms with Crippen molar-refractivity contribution in [2.45, 2.75) is 6.54 Å². The van der Waals surface area contributed by atoms with Gasteiger partial charge in [-0.1, -0.05) is 17.9 Å². The second-order valence-corrected chi connectivity index (χ2v) is 3.80. The fourth-order valence-electron chi connectivity index (χ4n) is 1.61. The Bertz CT molecular complexity index is 698. The van der Waals surface area contributed by atoms with Crippen molar-refractivity contribution in [3.63, 3.8) is 0 Å². The van der Waals surface area contributed by atoms with Crippen LogP contribution >= 0.6 is 0 Å². The van der Waals surface area contributed by atoms with Crippen molar-refractivity contribution < 1.29 is 9.50 Å². The summed E-state index contributed by atoms with van der Waals surface area (Å²) in [4.78, 5) is 15.1. The predicted octanol–water partition coefficient (Wildman–Crippen LogP) is 0.775. The average Bonchev–Trinajstić information content (AvgIpc) is 2.42. The van der Waals surface area contributed by atoms with E-state index in [1.54, 1.807) is 24.4 Å². The van der Waals surface area contributed by atoms with Gasteiger partial charge < -0.3 is 5.11 Å². The molecule has 1 aromatic carbocycles. The molecule has 1 heterocycles. The van der Waals surface area contributed by atoms with Gasteiger partial charge in [0.25, 0.3) is 0 Å². The van der Waals surface area contributed by atoms with Crippen molar-refractivity contribution in [2.75, 3.05) is 6.61 Å². The third kappa shape index (κ3) is 3.27. The van der Waals surface area contributed by atoms with Gasteiger partial charge in [-0.15, -0.1) is 0 Å². The first kappa shape index (κ1) is 13.0. The monoisotopic (exact) mass is 258 g/mol. The summed E-state index contributed by atoms with van der Waals surface area (Å²) in [6, 6.07) is 6.08. The Kier molecular flexibility index (Phi) is 4.06. The Labute approximate surface area is 109 Å². The Morgan fingerprint density at radius 2 is 2.26 bits per heavy atom. The van der Waals surface area contributed by atoms with E-state index in [4.69, 9.17) is 5.11 Å². The molecule has 96 valence electrons. The summed E-state index contributed by atoms with van der Waals surface area (Å²) in [5.41, 5.74) is 0.567. The van der Waals surface area contributed by atoms with E-state index in [0.717, 1.165) is 5.56 Å². The smallest absolute Gasteiger partial charge is 0.347 e. The number of benzene rings is 1. The van der Waals surface area contributed by atoms with E-state index in [1.807, 2.05) is 0 Å². The third-order valence-corrected chi connectivity index (χ3v) is 2.47. The molecule has 0 spiro atoms. The summed E-state index contributed by atoms with van der Waals surface area (Å²) in [7, 11) is 0. The van der Waals surface area contributed by atoms with E-state index in [-0.39, 0.29) is 17.9 Å². The van der Waals surface area contributed by atoms with Crippen LogP contribution in [0, 0.1) is 17.7 Å². The van der Waals surface area contributed by atoms with Crippen LogP contribution in [0.4, 0.5) is 4.39 Å². The van der Waals surface area contributed by atoms with E-state index in [9.17, 15) is 9.18 Å². The van der Waals surface area contributed by atoms with Gasteiger partial charge in [0.2, 0.25) is 0 Å². The van der Waals surface area contributed by atoms with Crippen LogP contribution in [0.3, 0.4) is 0 Å². The summed E-state index contributed by atoms with van der Waals surface area (Å²) >= 11 is 0. The minimum atomic E-state index is -0.455. The highest BCUT2D eigenvalue weighted by atomic mass is 19.1. The summed E-state index contributed by atoms with van der Waals surface area (Å²) < 4.78 is 14.9. The second-order valence-electron chi connectivity index (χ2n) is 3.80. The van der Waals surface area contributed by atoms with Gasteiger partial charge in [0.1, 0.15) is 12.4 Å². The van der Waals surface area contributed by atoms with Gasteiger partial charge in [0.05, 0.1) is 12.1 Å². The van der Waals surface area contributed by atoms with E-state index in [2.05, 4.69) is 16.8 Å². The first-order valence-corrected chi connectivity index (χ1v) is 5.60. The van der Waals surface area contributed by atoms with Crippen LogP contribution in [0.2, 0.25) is 0 Å². The molecule has 0 radical (unpaired) electrons. The molecule has 0 bridgehead atoms. The molecule has 4 nitrogen and oxygen atoms in total. The highest BCUT2D eigenvalue weighted by Crippen LogP contribution is 2.10. The Morgan fingerprint density at radius 3 is 3.00 bits per heavy atom.